The average Bonchev–Trinajstić information content (AvgIpc) is 2.79. The number of ketones is 1. The Morgan fingerprint density at radius 1 is 1.35 bits per heavy atom. The molecule has 0 bridgehead atoms. The molecular weight excluding hydrogens is 276 g/mol. The van der Waals surface area contributed by atoms with E-state index in [1.54, 1.807) is 24.3 Å². The van der Waals surface area contributed by atoms with E-state index in [1.165, 1.54) is 4.31 Å². The SMILES string of the molecule is Cc1ccc(S(=O)(=O)N2CC(=O)C[C@H]2CCC#N)cc1. The number of aryl methyl sites for hydroxylation is 1. The molecule has 2 rings (SSSR count). The molecule has 0 aromatic heterocycles. The number of nitrogens with zero attached hydrogens (tertiary/aromatic N) is 2. The van der Waals surface area contributed by atoms with Crippen LogP contribution < -0.4 is 0 Å². The van der Waals surface area contributed by atoms with E-state index in [2.05, 4.69) is 0 Å². The third kappa shape index (κ3) is 2.89. The maximum absolute atomic E-state index is 12.6. The molecule has 1 heterocycles. The van der Waals surface area contributed by atoms with Crippen molar-refractivity contribution in [3.05, 3.63) is 29.8 Å². The van der Waals surface area contributed by atoms with Crippen molar-refractivity contribution in [2.45, 2.75) is 37.1 Å². The number of carbonyl (C=O) groups is 1. The molecule has 6 heteroatoms. The lowest BCUT2D eigenvalue weighted by molar-refractivity contribution is -0.116. The summed E-state index contributed by atoms with van der Waals surface area (Å²) in [6, 6.07) is 8.16. The molecule has 1 atom stereocenters. The first kappa shape index (κ1) is 14.7. The molecule has 0 aliphatic carbocycles. The minimum absolute atomic E-state index is 0.0910. The van der Waals surface area contributed by atoms with Gasteiger partial charge in [-0.25, -0.2) is 8.42 Å². The van der Waals surface area contributed by atoms with Gasteiger partial charge in [0.15, 0.2) is 0 Å². The summed E-state index contributed by atoms with van der Waals surface area (Å²) in [7, 11) is -3.66. The topological polar surface area (TPSA) is 78.2 Å². The van der Waals surface area contributed by atoms with Gasteiger partial charge in [-0.15, -0.1) is 0 Å². The van der Waals surface area contributed by atoms with Gasteiger partial charge < -0.3 is 0 Å². The largest absolute Gasteiger partial charge is 0.298 e. The minimum atomic E-state index is -3.66. The maximum Gasteiger partial charge on any atom is 0.243 e. The standard InChI is InChI=1S/C14H16N2O3S/c1-11-4-6-14(7-5-11)20(18,19)16-10-13(17)9-12(16)3-2-8-15/h4-7,12H,2-3,9-10H2,1H3/t12-/m1/s1. The molecule has 5 nitrogen and oxygen atoms in total. The predicted octanol–water partition coefficient (Wildman–Crippen LogP) is 1.63. The number of hydrogen-bond acceptors (Lipinski definition) is 4. The van der Waals surface area contributed by atoms with Gasteiger partial charge in [-0.05, 0) is 25.5 Å². The number of rotatable bonds is 4. The second kappa shape index (κ2) is 5.73. The van der Waals surface area contributed by atoms with E-state index in [0.717, 1.165) is 5.56 Å². The minimum Gasteiger partial charge on any atom is -0.298 e. The zero-order valence-electron chi connectivity index (χ0n) is 11.2. The zero-order valence-corrected chi connectivity index (χ0v) is 12.1. The van der Waals surface area contributed by atoms with E-state index in [9.17, 15) is 13.2 Å². The van der Waals surface area contributed by atoms with Crippen molar-refractivity contribution < 1.29 is 13.2 Å². The first-order valence-corrected chi connectivity index (χ1v) is 7.86. The molecule has 0 N–H and O–H groups in total. The van der Waals surface area contributed by atoms with E-state index in [1.807, 2.05) is 13.0 Å². The van der Waals surface area contributed by atoms with Crippen LogP contribution in [0.5, 0.6) is 0 Å². The van der Waals surface area contributed by atoms with E-state index in [-0.39, 0.29) is 30.1 Å². The van der Waals surface area contributed by atoms with Gasteiger partial charge >= 0.3 is 0 Å². The number of sulfonamides is 1. The van der Waals surface area contributed by atoms with Gasteiger partial charge in [-0.3, -0.25) is 4.79 Å². The summed E-state index contributed by atoms with van der Waals surface area (Å²) < 4.78 is 26.3. The molecule has 1 fully saturated rings. The molecule has 0 radical (unpaired) electrons. The van der Waals surface area contributed by atoms with Crippen molar-refractivity contribution in [1.82, 2.24) is 4.31 Å². The predicted molar refractivity (Wildman–Crippen MR) is 73.3 cm³/mol. The maximum atomic E-state index is 12.6. The Morgan fingerprint density at radius 2 is 2.00 bits per heavy atom. The summed E-state index contributed by atoms with van der Waals surface area (Å²) in [5, 5.41) is 8.63. The van der Waals surface area contributed by atoms with E-state index < -0.39 is 16.1 Å². The number of Topliss-reactive ketones (excluding diaryl/α,β-unsaturated/α-hetero) is 1. The summed E-state index contributed by atoms with van der Waals surface area (Å²) >= 11 is 0. The molecule has 0 amide bonds. The monoisotopic (exact) mass is 292 g/mol. The van der Waals surface area contributed by atoms with E-state index in [0.29, 0.717) is 6.42 Å². The van der Waals surface area contributed by atoms with Gasteiger partial charge in [0.25, 0.3) is 0 Å². The summed E-state index contributed by atoms with van der Waals surface area (Å²) in [5.41, 5.74) is 0.975. The molecule has 0 saturated carbocycles. The third-order valence-electron chi connectivity index (χ3n) is 3.42. The van der Waals surface area contributed by atoms with Crippen LogP contribution in [0.25, 0.3) is 0 Å². The molecule has 0 spiro atoms. The molecule has 1 aliphatic heterocycles. The van der Waals surface area contributed by atoms with Crippen molar-refractivity contribution in [3.8, 4) is 6.07 Å². The molecular formula is C14H16N2O3S. The van der Waals surface area contributed by atoms with Crippen molar-refractivity contribution in [2.75, 3.05) is 6.54 Å². The Bertz CT molecular complexity index is 644. The fourth-order valence-corrected chi connectivity index (χ4v) is 3.97. The van der Waals surface area contributed by atoms with Crippen LogP contribution in [-0.2, 0) is 14.8 Å². The second-order valence-corrected chi connectivity index (χ2v) is 6.85. The number of hydrogen-bond donors (Lipinski definition) is 0. The Hall–Kier alpha value is -1.71. The van der Waals surface area contributed by atoms with Gasteiger partial charge in [0, 0.05) is 18.9 Å². The fourth-order valence-electron chi connectivity index (χ4n) is 2.34. The Labute approximate surface area is 118 Å². The fraction of sp³-hybridized carbons (Fsp3) is 0.429. The van der Waals surface area contributed by atoms with E-state index in [4.69, 9.17) is 5.26 Å². The Morgan fingerprint density at radius 3 is 2.60 bits per heavy atom. The van der Waals surface area contributed by atoms with Crippen molar-refractivity contribution in [2.24, 2.45) is 0 Å². The molecule has 1 aromatic carbocycles. The van der Waals surface area contributed by atoms with Crippen molar-refractivity contribution in [1.29, 1.82) is 5.26 Å². The van der Waals surface area contributed by atoms with Crippen LogP contribution in [0.15, 0.2) is 29.2 Å². The number of nitriles is 1. The molecule has 0 unspecified atom stereocenters. The smallest absolute Gasteiger partial charge is 0.243 e. The van der Waals surface area contributed by atoms with Gasteiger partial charge in [0.1, 0.15) is 5.78 Å². The van der Waals surface area contributed by atoms with Crippen molar-refractivity contribution in [3.63, 3.8) is 0 Å². The highest BCUT2D eigenvalue weighted by atomic mass is 32.2. The first-order valence-electron chi connectivity index (χ1n) is 6.42. The zero-order chi connectivity index (χ0) is 14.8. The van der Waals surface area contributed by atoms with Gasteiger partial charge in [0.2, 0.25) is 10.0 Å². The van der Waals surface area contributed by atoms with Crippen LogP contribution in [0.4, 0.5) is 0 Å². The van der Waals surface area contributed by atoms with Crippen LogP contribution in [0.1, 0.15) is 24.8 Å². The van der Waals surface area contributed by atoms with Crippen LogP contribution in [-0.4, -0.2) is 31.1 Å². The Kier molecular flexibility index (Phi) is 4.21. The van der Waals surface area contributed by atoms with Gasteiger partial charge in [-0.2, -0.15) is 9.57 Å². The van der Waals surface area contributed by atoms with Crippen LogP contribution >= 0.6 is 0 Å². The van der Waals surface area contributed by atoms with Crippen LogP contribution in [0, 0.1) is 18.3 Å². The normalized spacial score (nSPS) is 20.0. The van der Waals surface area contributed by atoms with Crippen molar-refractivity contribution >= 4 is 15.8 Å². The summed E-state index contributed by atoms with van der Waals surface area (Å²) in [6.45, 7) is 1.79. The lowest BCUT2D eigenvalue weighted by atomic mass is 10.1. The molecule has 1 aromatic rings. The molecule has 106 valence electrons. The summed E-state index contributed by atoms with van der Waals surface area (Å²) in [5.74, 6) is -0.0939. The van der Waals surface area contributed by atoms with Crippen LogP contribution in [0.2, 0.25) is 0 Å². The lowest BCUT2D eigenvalue weighted by Gasteiger charge is -2.22. The molecule has 1 saturated heterocycles. The quantitative estimate of drug-likeness (QED) is 0.845. The Balaban J connectivity index is 2.30. The van der Waals surface area contributed by atoms with Crippen LogP contribution in [0.3, 0.4) is 0 Å². The lowest BCUT2D eigenvalue weighted by Crippen LogP contribution is -2.35. The average molecular weight is 292 g/mol. The summed E-state index contributed by atoms with van der Waals surface area (Å²) in [4.78, 5) is 11.8. The third-order valence-corrected chi connectivity index (χ3v) is 5.33. The van der Waals surface area contributed by atoms with Gasteiger partial charge in [-0.1, -0.05) is 17.7 Å². The number of carbonyl (C=O) groups excluding carboxylic acids is 1. The highest BCUT2D eigenvalue weighted by molar-refractivity contribution is 7.89. The highest BCUT2D eigenvalue weighted by Gasteiger charge is 2.38. The van der Waals surface area contributed by atoms with E-state index >= 15 is 0 Å². The molecule has 20 heavy (non-hydrogen) atoms. The summed E-state index contributed by atoms with van der Waals surface area (Å²) in [6.07, 6.45) is 0.845. The highest BCUT2D eigenvalue weighted by Crippen LogP contribution is 2.27. The van der Waals surface area contributed by atoms with Gasteiger partial charge in [0.05, 0.1) is 17.5 Å². The first-order chi connectivity index (χ1) is 9.45. The molecule has 1 aliphatic rings. The second-order valence-electron chi connectivity index (χ2n) is 4.96. The number of benzene rings is 1.